The molecule has 194 valence electrons. The van der Waals surface area contributed by atoms with Crippen LogP contribution in [0.15, 0.2) is 89.8 Å². The molecule has 0 spiro atoms. The average molecular weight is 556 g/mol. The second kappa shape index (κ2) is 10.9. The van der Waals surface area contributed by atoms with Gasteiger partial charge in [-0.25, -0.2) is 18.3 Å². The number of hydrogen-bond donors (Lipinski definition) is 5. The molecule has 0 unspecified atom stereocenters. The second-order valence-electron chi connectivity index (χ2n) is 7.96. The molecule has 0 saturated heterocycles. The first kappa shape index (κ1) is 26.6. The zero-order valence-electron chi connectivity index (χ0n) is 19.3. The van der Waals surface area contributed by atoms with Crippen LogP contribution < -0.4 is 15.5 Å². The highest BCUT2D eigenvalue weighted by atomic mass is 35.5. The average Bonchev–Trinajstić information content (AvgIpc) is 2.90. The van der Waals surface area contributed by atoms with Gasteiger partial charge >= 0.3 is 0 Å². The van der Waals surface area contributed by atoms with Crippen LogP contribution in [0, 0.1) is 5.82 Å². The molecule has 2 amide bonds. The summed E-state index contributed by atoms with van der Waals surface area (Å²) in [5.41, 5.74) is 3.32. The minimum Gasteiger partial charge on any atom is -0.506 e. The molecule has 0 atom stereocenters. The third kappa shape index (κ3) is 5.92. The maximum atomic E-state index is 13.1. The summed E-state index contributed by atoms with van der Waals surface area (Å²) in [5, 5.41) is 21.7. The van der Waals surface area contributed by atoms with Gasteiger partial charge in [-0.15, -0.1) is 0 Å². The molecule has 0 aliphatic carbocycles. The zero-order chi connectivity index (χ0) is 27.4. The van der Waals surface area contributed by atoms with Crippen molar-refractivity contribution in [2.45, 2.75) is 4.90 Å². The van der Waals surface area contributed by atoms with Crippen LogP contribution in [0.3, 0.4) is 0 Å². The number of sulfonamides is 1. The molecule has 0 saturated carbocycles. The Hall–Kier alpha value is -4.45. The van der Waals surface area contributed by atoms with Gasteiger partial charge < -0.3 is 10.4 Å². The maximum absolute atomic E-state index is 13.1. The predicted octanol–water partition coefficient (Wildman–Crippen LogP) is 5.02. The summed E-state index contributed by atoms with van der Waals surface area (Å²) in [6.07, 6.45) is 0. The standard InChI is InChI=1S/C26H19ClFN3O6S/c27-22-13-17(5-11-21(22)26(34)30-35)15-1-3-16(4-2-15)25(33)29-19-8-12-24(32)23(14-19)31-38(36,37)20-9-6-18(28)7-10-20/h1-14,31-32,35H,(H,29,33)(H,30,34). The van der Waals surface area contributed by atoms with Crippen molar-refractivity contribution in [3.8, 4) is 16.9 Å². The minimum absolute atomic E-state index is 0.0992. The van der Waals surface area contributed by atoms with Gasteiger partial charge in [0.2, 0.25) is 0 Å². The van der Waals surface area contributed by atoms with Crippen molar-refractivity contribution >= 4 is 44.8 Å². The second-order valence-corrected chi connectivity index (χ2v) is 10.0. The number of benzene rings is 4. The largest absolute Gasteiger partial charge is 0.506 e. The molecule has 0 radical (unpaired) electrons. The Morgan fingerprint density at radius 2 is 1.47 bits per heavy atom. The SMILES string of the molecule is O=C(Nc1ccc(O)c(NS(=O)(=O)c2ccc(F)cc2)c1)c1ccc(-c2ccc(C(=O)NO)c(Cl)c2)cc1. The van der Waals surface area contributed by atoms with Crippen LogP contribution in [0.4, 0.5) is 15.8 Å². The number of hydroxylamine groups is 1. The van der Waals surface area contributed by atoms with E-state index >= 15 is 0 Å². The number of amides is 2. The fraction of sp³-hybridized carbons (Fsp3) is 0. The summed E-state index contributed by atoms with van der Waals surface area (Å²) < 4.78 is 40.5. The van der Waals surface area contributed by atoms with Gasteiger partial charge in [0, 0.05) is 11.3 Å². The molecular formula is C26H19ClFN3O6S. The normalized spacial score (nSPS) is 11.0. The number of aromatic hydroxyl groups is 1. The van der Waals surface area contributed by atoms with E-state index in [2.05, 4.69) is 10.0 Å². The number of rotatable bonds is 7. The number of carbonyl (C=O) groups excluding carboxylic acids is 2. The first-order chi connectivity index (χ1) is 18.1. The maximum Gasteiger partial charge on any atom is 0.276 e. The lowest BCUT2D eigenvalue weighted by Crippen LogP contribution is -2.18. The lowest BCUT2D eigenvalue weighted by Gasteiger charge is -2.12. The number of anilines is 2. The molecule has 0 heterocycles. The molecule has 0 bridgehead atoms. The molecule has 0 aliphatic rings. The summed E-state index contributed by atoms with van der Waals surface area (Å²) in [6, 6.07) is 19.1. The van der Waals surface area contributed by atoms with Gasteiger partial charge in [-0.05, 0) is 77.9 Å². The number of halogens is 2. The summed E-state index contributed by atoms with van der Waals surface area (Å²) in [6.45, 7) is 0. The van der Waals surface area contributed by atoms with E-state index in [4.69, 9.17) is 16.8 Å². The van der Waals surface area contributed by atoms with E-state index in [9.17, 15) is 27.5 Å². The van der Waals surface area contributed by atoms with Crippen molar-refractivity contribution in [1.82, 2.24) is 5.48 Å². The van der Waals surface area contributed by atoms with Crippen LogP contribution in [0.2, 0.25) is 5.02 Å². The third-order valence-electron chi connectivity index (χ3n) is 5.42. The molecule has 12 heteroatoms. The van der Waals surface area contributed by atoms with Gasteiger partial charge in [0.1, 0.15) is 11.6 Å². The Morgan fingerprint density at radius 1 is 0.816 bits per heavy atom. The van der Waals surface area contributed by atoms with Gasteiger partial charge in [-0.3, -0.25) is 19.5 Å². The highest BCUT2D eigenvalue weighted by Gasteiger charge is 2.17. The Kier molecular flexibility index (Phi) is 7.62. The quantitative estimate of drug-likeness (QED) is 0.0936. The van der Waals surface area contributed by atoms with Crippen LogP contribution in [0.5, 0.6) is 5.75 Å². The van der Waals surface area contributed by atoms with E-state index in [0.29, 0.717) is 11.1 Å². The molecule has 38 heavy (non-hydrogen) atoms. The number of hydrogen-bond acceptors (Lipinski definition) is 6. The van der Waals surface area contributed by atoms with Crippen molar-refractivity contribution in [3.05, 3.63) is 107 Å². The first-order valence-electron chi connectivity index (χ1n) is 10.8. The van der Waals surface area contributed by atoms with E-state index in [-0.39, 0.29) is 38.2 Å². The molecule has 0 fully saturated rings. The molecular weight excluding hydrogens is 537 g/mol. The summed E-state index contributed by atoms with van der Waals surface area (Å²) in [5.74, 6) is -2.21. The topological polar surface area (TPSA) is 145 Å². The highest BCUT2D eigenvalue weighted by molar-refractivity contribution is 7.92. The number of phenols is 1. The smallest absolute Gasteiger partial charge is 0.276 e. The van der Waals surface area contributed by atoms with Gasteiger partial charge in [-0.2, -0.15) is 0 Å². The molecule has 4 aromatic rings. The van der Waals surface area contributed by atoms with Gasteiger partial charge in [0.25, 0.3) is 21.8 Å². The van der Waals surface area contributed by atoms with Crippen molar-refractivity contribution in [1.29, 1.82) is 0 Å². The van der Waals surface area contributed by atoms with E-state index < -0.39 is 27.7 Å². The molecule has 0 aliphatic heterocycles. The third-order valence-corrected chi connectivity index (χ3v) is 7.11. The van der Waals surface area contributed by atoms with Crippen molar-refractivity contribution in [2.75, 3.05) is 10.0 Å². The lowest BCUT2D eigenvalue weighted by molar-refractivity contribution is 0.0706. The fourth-order valence-electron chi connectivity index (χ4n) is 3.47. The van der Waals surface area contributed by atoms with E-state index in [1.54, 1.807) is 36.4 Å². The predicted molar refractivity (Wildman–Crippen MR) is 139 cm³/mol. The highest BCUT2D eigenvalue weighted by Crippen LogP contribution is 2.30. The van der Waals surface area contributed by atoms with Gasteiger partial charge in [-0.1, -0.05) is 29.8 Å². The van der Waals surface area contributed by atoms with E-state index in [1.165, 1.54) is 29.7 Å². The first-order valence-corrected chi connectivity index (χ1v) is 12.7. The molecule has 4 rings (SSSR count). The Bertz CT molecular complexity index is 1630. The Balaban J connectivity index is 1.49. The van der Waals surface area contributed by atoms with E-state index in [1.807, 2.05) is 0 Å². The van der Waals surface area contributed by atoms with Gasteiger partial charge in [0.05, 0.1) is 21.2 Å². The zero-order valence-corrected chi connectivity index (χ0v) is 20.8. The minimum atomic E-state index is -4.13. The van der Waals surface area contributed by atoms with Crippen LogP contribution in [-0.4, -0.2) is 30.5 Å². The molecule has 5 N–H and O–H groups in total. The summed E-state index contributed by atoms with van der Waals surface area (Å²) >= 11 is 6.12. The Labute approximate surface area is 221 Å². The number of nitrogens with one attached hydrogen (secondary N) is 3. The summed E-state index contributed by atoms with van der Waals surface area (Å²) in [7, 11) is -4.13. The van der Waals surface area contributed by atoms with Crippen LogP contribution in [0.25, 0.3) is 11.1 Å². The number of phenolic OH excluding ortho intramolecular Hbond substituents is 1. The van der Waals surface area contributed by atoms with E-state index in [0.717, 1.165) is 24.3 Å². The molecule has 9 nitrogen and oxygen atoms in total. The van der Waals surface area contributed by atoms with Crippen LogP contribution in [-0.2, 0) is 10.0 Å². The van der Waals surface area contributed by atoms with Crippen molar-refractivity contribution in [3.63, 3.8) is 0 Å². The van der Waals surface area contributed by atoms with Crippen LogP contribution >= 0.6 is 11.6 Å². The molecule has 4 aromatic carbocycles. The van der Waals surface area contributed by atoms with Crippen molar-refractivity contribution in [2.24, 2.45) is 0 Å². The van der Waals surface area contributed by atoms with Gasteiger partial charge in [0.15, 0.2) is 0 Å². The van der Waals surface area contributed by atoms with Crippen molar-refractivity contribution < 1.29 is 32.7 Å². The monoisotopic (exact) mass is 555 g/mol. The van der Waals surface area contributed by atoms with Crippen LogP contribution in [0.1, 0.15) is 20.7 Å². The molecule has 0 aromatic heterocycles. The fourth-order valence-corrected chi connectivity index (χ4v) is 4.80. The Morgan fingerprint density at radius 3 is 2.11 bits per heavy atom. The number of carbonyl (C=O) groups is 2. The summed E-state index contributed by atoms with van der Waals surface area (Å²) in [4.78, 5) is 24.1. The lowest BCUT2D eigenvalue weighted by atomic mass is 10.0.